The van der Waals surface area contributed by atoms with Gasteiger partial charge in [0.2, 0.25) is 0 Å². The molecule has 2 aromatic rings. The molecular weight excluding hydrogens is 216 g/mol. The van der Waals surface area contributed by atoms with Crippen LogP contribution in [0.15, 0.2) is 67.2 Å². The standard InChI is InChI=1S/C18H20/c1-3-10-18(17-13-8-5-9-14-17)15(2)16-11-6-4-7-12-16/h4-9,11-14,18H,2-3,10H2,1H3. The van der Waals surface area contributed by atoms with E-state index in [9.17, 15) is 0 Å². The average molecular weight is 236 g/mol. The van der Waals surface area contributed by atoms with E-state index < -0.39 is 0 Å². The van der Waals surface area contributed by atoms with Crippen LogP contribution in [0.3, 0.4) is 0 Å². The van der Waals surface area contributed by atoms with Gasteiger partial charge in [-0.3, -0.25) is 0 Å². The first-order chi connectivity index (χ1) is 8.83. The fourth-order valence-electron chi connectivity index (χ4n) is 2.37. The summed E-state index contributed by atoms with van der Waals surface area (Å²) in [5.74, 6) is 0.429. The first-order valence-electron chi connectivity index (χ1n) is 6.62. The van der Waals surface area contributed by atoms with Gasteiger partial charge in [-0.25, -0.2) is 0 Å². The lowest BCUT2D eigenvalue weighted by Gasteiger charge is -2.20. The summed E-state index contributed by atoms with van der Waals surface area (Å²) >= 11 is 0. The number of hydrogen-bond acceptors (Lipinski definition) is 0. The van der Waals surface area contributed by atoms with Gasteiger partial charge in [-0.05, 0) is 23.1 Å². The van der Waals surface area contributed by atoms with Crippen molar-refractivity contribution in [3.8, 4) is 0 Å². The van der Waals surface area contributed by atoms with E-state index in [0.29, 0.717) is 5.92 Å². The second-order valence-electron chi connectivity index (χ2n) is 4.64. The summed E-state index contributed by atoms with van der Waals surface area (Å²) < 4.78 is 0. The summed E-state index contributed by atoms with van der Waals surface area (Å²) in [6.45, 7) is 6.55. The normalized spacial score (nSPS) is 12.1. The van der Waals surface area contributed by atoms with E-state index >= 15 is 0 Å². The molecule has 0 aliphatic heterocycles. The molecule has 0 aromatic heterocycles. The van der Waals surface area contributed by atoms with Crippen molar-refractivity contribution < 1.29 is 0 Å². The molecular formula is C18H20. The Bertz CT molecular complexity index is 482. The highest BCUT2D eigenvalue weighted by molar-refractivity contribution is 5.69. The summed E-state index contributed by atoms with van der Waals surface area (Å²) in [7, 11) is 0. The van der Waals surface area contributed by atoms with Gasteiger partial charge < -0.3 is 0 Å². The molecule has 0 saturated heterocycles. The molecule has 0 aliphatic carbocycles. The molecule has 0 bridgehead atoms. The quantitative estimate of drug-likeness (QED) is 0.662. The lowest BCUT2D eigenvalue weighted by Crippen LogP contribution is -2.01. The molecule has 1 atom stereocenters. The van der Waals surface area contributed by atoms with E-state index in [4.69, 9.17) is 0 Å². The molecule has 0 spiro atoms. The van der Waals surface area contributed by atoms with E-state index in [1.165, 1.54) is 23.1 Å². The van der Waals surface area contributed by atoms with Crippen LogP contribution in [-0.4, -0.2) is 0 Å². The van der Waals surface area contributed by atoms with Crippen molar-refractivity contribution >= 4 is 5.57 Å². The highest BCUT2D eigenvalue weighted by Gasteiger charge is 2.15. The number of allylic oxidation sites excluding steroid dienone is 1. The van der Waals surface area contributed by atoms with Gasteiger partial charge in [0, 0.05) is 5.92 Å². The molecule has 18 heavy (non-hydrogen) atoms. The minimum atomic E-state index is 0.429. The predicted octanol–water partition coefficient (Wildman–Crippen LogP) is 5.28. The molecule has 0 fully saturated rings. The van der Waals surface area contributed by atoms with Crippen LogP contribution >= 0.6 is 0 Å². The van der Waals surface area contributed by atoms with Crippen LogP contribution in [0.1, 0.15) is 36.8 Å². The van der Waals surface area contributed by atoms with Crippen molar-refractivity contribution in [1.82, 2.24) is 0 Å². The fraction of sp³-hybridized carbons (Fsp3) is 0.222. The minimum absolute atomic E-state index is 0.429. The maximum Gasteiger partial charge on any atom is 0.00893 e. The fourth-order valence-corrected chi connectivity index (χ4v) is 2.37. The Balaban J connectivity index is 2.29. The predicted molar refractivity (Wildman–Crippen MR) is 79.6 cm³/mol. The maximum atomic E-state index is 4.32. The maximum absolute atomic E-state index is 4.32. The Morgan fingerprint density at radius 1 is 0.944 bits per heavy atom. The third kappa shape index (κ3) is 2.89. The summed E-state index contributed by atoms with van der Waals surface area (Å²) in [5, 5.41) is 0. The molecule has 0 nitrogen and oxygen atoms in total. The third-order valence-corrected chi connectivity index (χ3v) is 3.34. The smallest absolute Gasteiger partial charge is 0.00893 e. The SMILES string of the molecule is C=C(c1ccccc1)C(CCC)c1ccccc1. The first kappa shape index (κ1) is 12.6. The van der Waals surface area contributed by atoms with Gasteiger partial charge in [-0.2, -0.15) is 0 Å². The van der Waals surface area contributed by atoms with Crippen molar-refractivity contribution in [2.75, 3.05) is 0 Å². The summed E-state index contributed by atoms with van der Waals surface area (Å²) in [6.07, 6.45) is 2.32. The highest BCUT2D eigenvalue weighted by Crippen LogP contribution is 2.34. The molecule has 2 aromatic carbocycles. The van der Waals surface area contributed by atoms with Gasteiger partial charge in [0.25, 0.3) is 0 Å². The van der Waals surface area contributed by atoms with Crippen molar-refractivity contribution in [3.05, 3.63) is 78.4 Å². The van der Waals surface area contributed by atoms with Gasteiger partial charge in [-0.1, -0.05) is 80.6 Å². The van der Waals surface area contributed by atoms with Gasteiger partial charge >= 0.3 is 0 Å². The zero-order chi connectivity index (χ0) is 12.8. The molecule has 0 N–H and O–H groups in total. The lowest BCUT2D eigenvalue weighted by molar-refractivity contribution is 0.731. The molecule has 0 amide bonds. The van der Waals surface area contributed by atoms with Crippen molar-refractivity contribution in [3.63, 3.8) is 0 Å². The Morgan fingerprint density at radius 3 is 2.06 bits per heavy atom. The molecule has 0 aliphatic rings. The molecule has 0 saturated carbocycles. The highest BCUT2D eigenvalue weighted by atomic mass is 14.2. The average Bonchev–Trinajstić information content (AvgIpc) is 2.46. The van der Waals surface area contributed by atoms with Crippen LogP contribution in [0, 0.1) is 0 Å². The zero-order valence-electron chi connectivity index (χ0n) is 11.0. The monoisotopic (exact) mass is 236 g/mol. The summed E-state index contributed by atoms with van der Waals surface area (Å²) in [4.78, 5) is 0. The molecule has 92 valence electrons. The summed E-state index contributed by atoms with van der Waals surface area (Å²) in [5.41, 5.74) is 3.84. The van der Waals surface area contributed by atoms with E-state index in [-0.39, 0.29) is 0 Å². The van der Waals surface area contributed by atoms with E-state index in [1.807, 2.05) is 6.07 Å². The van der Waals surface area contributed by atoms with Gasteiger partial charge in [0.15, 0.2) is 0 Å². The number of rotatable bonds is 5. The molecule has 1 unspecified atom stereocenters. The van der Waals surface area contributed by atoms with E-state index in [0.717, 1.165) is 6.42 Å². The first-order valence-corrected chi connectivity index (χ1v) is 6.62. The zero-order valence-corrected chi connectivity index (χ0v) is 11.0. The van der Waals surface area contributed by atoms with Gasteiger partial charge in [0.1, 0.15) is 0 Å². The molecule has 0 heterocycles. The Hall–Kier alpha value is -1.82. The van der Waals surface area contributed by atoms with Crippen LogP contribution in [-0.2, 0) is 0 Å². The van der Waals surface area contributed by atoms with E-state index in [1.54, 1.807) is 0 Å². The van der Waals surface area contributed by atoms with Crippen molar-refractivity contribution in [1.29, 1.82) is 0 Å². The van der Waals surface area contributed by atoms with Gasteiger partial charge in [-0.15, -0.1) is 0 Å². The molecule has 2 rings (SSSR count). The van der Waals surface area contributed by atoms with Gasteiger partial charge in [0.05, 0.1) is 0 Å². The van der Waals surface area contributed by atoms with Crippen LogP contribution in [0.25, 0.3) is 5.57 Å². The van der Waals surface area contributed by atoms with Crippen LogP contribution in [0.4, 0.5) is 0 Å². The second-order valence-corrected chi connectivity index (χ2v) is 4.64. The number of benzene rings is 2. The van der Waals surface area contributed by atoms with Crippen LogP contribution in [0.5, 0.6) is 0 Å². The van der Waals surface area contributed by atoms with Crippen LogP contribution in [0.2, 0.25) is 0 Å². The van der Waals surface area contributed by atoms with E-state index in [2.05, 4.69) is 68.1 Å². The Kier molecular flexibility index (Phi) is 4.35. The Labute approximate surface area is 110 Å². The topological polar surface area (TPSA) is 0 Å². The largest absolute Gasteiger partial charge is 0.0946 e. The molecule has 0 heteroatoms. The third-order valence-electron chi connectivity index (χ3n) is 3.34. The lowest BCUT2D eigenvalue weighted by atomic mass is 9.85. The molecule has 0 radical (unpaired) electrons. The van der Waals surface area contributed by atoms with Crippen LogP contribution < -0.4 is 0 Å². The summed E-state index contributed by atoms with van der Waals surface area (Å²) in [6, 6.07) is 21.2. The van der Waals surface area contributed by atoms with Crippen molar-refractivity contribution in [2.24, 2.45) is 0 Å². The minimum Gasteiger partial charge on any atom is -0.0946 e. The second kappa shape index (κ2) is 6.20. The van der Waals surface area contributed by atoms with Crippen molar-refractivity contribution in [2.45, 2.75) is 25.7 Å². The Morgan fingerprint density at radius 2 is 1.50 bits per heavy atom. The number of hydrogen-bond donors (Lipinski definition) is 0.